The van der Waals surface area contributed by atoms with Crippen LogP contribution in [0.4, 0.5) is 0 Å². The van der Waals surface area contributed by atoms with Crippen LogP contribution in [0.5, 0.6) is 5.75 Å². The van der Waals surface area contributed by atoms with E-state index in [1.54, 1.807) is 7.11 Å². The van der Waals surface area contributed by atoms with E-state index in [4.69, 9.17) is 11.2 Å². The van der Waals surface area contributed by atoms with Gasteiger partial charge in [0.1, 0.15) is 5.75 Å². The van der Waals surface area contributed by atoms with Crippen LogP contribution in [-0.2, 0) is 0 Å². The Labute approximate surface area is 103 Å². The van der Waals surface area contributed by atoms with E-state index < -0.39 is 6.10 Å². The van der Waals surface area contributed by atoms with Gasteiger partial charge < -0.3 is 15.2 Å². The van der Waals surface area contributed by atoms with Crippen LogP contribution < -0.4 is 10.1 Å². The summed E-state index contributed by atoms with van der Waals surface area (Å²) >= 11 is 0. The molecule has 2 N–H and O–H groups in total. The van der Waals surface area contributed by atoms with Gasteiger partial charge in [0.15, 0.2) is 0 Å². The van der Waals surface area contributed by atoms with Gasteiger partial charge in [0, 0.05) is 6.54 Å². The van der Waals surface area contributed by atoms with E-state index in [2.05, 4.69) is 11.2 Å². The molecule has 3 heteroatoms. The summed E-state index contributed by atoms with van der Waals surface area (Å²) in [6, 6.07) is 7.38. The molecule has 0 saturated carbocycles. The summed E-state index contributed by atoms with van der Waals surface area (Å²) in [6.45, 7) is 2.46. The van der Waals surface area contributed by atoms with Crippen LogP contribution in [-0.4, -0.2) is 24.8 Å². The number of benzene rings is 1. The van der Waals surface area contributed by atoms with E-state index in [0.29, 0.717) is 6.54 Å². The summed E-state index contributed by atoms with van der Waals surface area (Å²) in [7, 11) is 1.62. The maximum atomic E-state index is 9.95. The predicted octanol–water partition coefficient (Wildman–Crippen LogP) is 1.73. The second-order valence-corrected chi connectivity index (χ2v) is 3.82. The Bertz CT molecular complexity index is 367. The van der Waals surface area contributed by atoms with E-state index in [0.717, 1.165) is 17.7 Å². The minimum Gasteiger partial charge on any atom is -0.497 e. The Morgan fingerprint density at radius 2 is 2.06 bits per heavy atom. The number of rotatable bonds is 6. The summed E-state index contributed by atoms with van der Waals surface area (Å²) in [6.07, 6.45) is 5.64. The van der Waals surface area contributed by atoms with Gasteiger partial charge in [-0.05, 0) is 24.1 Å². The van der Waals surface area contributed by atoms with Crippen LogP contribution in [0.2, 0.25) is 0 Å². The lowest BCUT2D eigenvalue weighted by atomic mass is 10.1. The summed E-state index contributed by atoms with van der Waals surface area (Å²) in [4.78, 5) is 0. The SMILES string of the molecule is C#CC(CC)NCC(O)c1ccc(OC)cc1. The highest BCUT2D eigenvalue weighted by molar-refractivity contribution is 5.28. The first-order valence-corrected chi connectivity index (χ1v) is 5.72. The molecule has 2 unspecified atom stereocenters. The Kier molecular flexibility index (Phi) is 5.55. The summed E-state index contributed by atoms with van der Waals surface area (Å²) in [5.41, 5.74) is 0.852. The maximum Gasteiger partial charge on any atom is 0.118 e. The number of ether oxygens (including phenoxy) is 1. The van der Waals surface area contributed by atoms with Gasteiger partial charge in [-0.2, -0.15) is 0 Å². The summed E-state index contributed by atoms with van der Waals surface area (Å²) in [5, 5.41) is 13.1. The van der Waals surface area contributed by atoms with Gasteiger partial charge in [-0.1, -0.05) is 25.0 Å². The normalized spacial score (nSPS) is 13.8. The summed E-state index contributed by atoms with van der Waals surface area (Å²) in [5.74, 6) is 3.42. The van der Waals surface area contributed by atoms with E-state index >= 15 is 0 Å². The van der Waals surface area contributed by atoms with Crippen LogP contribution in [0.15, 0.2) is 24.3 Å². The molecule has 1 rings (SSSR count). The molecule has 1 aromatic carbocycles. The van der Waals surface area contributed by atoms with Crippen molar-refractivity contribution in [1.82, 2.24) is 5.32 Å². The van der Waals surface area contributed by atoms with Gasteiger partial charge >= 0.3 is 0 Å². The zero-order valence-corrected chi connectivity index (χ0v) is 10.3. The molecule has 0 bridgehead atoms. The fourth-order valence-electron chi connectivity index (χ4n) is 1.52. The third-order valence-electron chi connectivity index (χ3n) is 2.67. The highest BCUT2D eigenvalue weighted by atomic mass is 16.5. The largest absolute Gasteiger partial charge is 0.497 e. The molecule has 0 radical (unpaired) electrons. The number of aliphatic hydroxyl groups excluding tert-OH is 1. The molecule has 0 spiro atoms. The van der Waals surface area contributed by atoms with Gasteiger partial charge in [-0.25, -0.2) is 0 Å². The molecule has 0 aliphatic carbocycles. The van der Waals surface area contributed by atoms with Crippen molar-refractivity contribution in [3.8, 4) is 18.1 Å². The number of hydrogen-bond donors (Lipinski definition) is 2. The van der Waals surface area contributed by atoms with Crippen molar-refractivity contribution in [2.45, 2.75) is 25.5 Å². The monoisotopic (exact) mass is 233 g/mol. The molecular weight excluding hydrogens is 214 g/mol. The first kappa shape index (κ1) is 13.6. The Morgan fingerprint density at radius 1 is 1.41 bits per heavy atom. The molecule has 3 nitrogen and oxygen atoms in total. The molecule has 17 heavy (non-hydrogen) atoms. The molecule has 1 aromatic rings. The molecular formula is C14H19NO2. The highest BCUT2D eigenvalue weighted by Gasteiger charge is 2.09. The number of methoxy groups -OCH3 is 1. The van der Waals surface area contributed by atoms with Crippen molar-refractivity contribution in [2.24, 2.45) is 0 Å². The molecule has 0 heterocycles. The first-order valence-electron chi connectivity index (χ1n) is 5.72. The van der Waals surface area contributed by atoms with Gasteiger partial charge in [0.05, 0.1) is 19.3 Å². The average Bonchev–Trinajstić information content (AvgIpc) is 2.39. The van der Waals surface area contributed by atoms with Crippen molar-refractivity contribution in [2.75, 3.05) is 13.7 Å². The molecule has 0 fully saturated rings. The lowest BCUT2D eigenvalue weighted by Gasteiger charge is -2.15. The zero-order chi connectivity index (χ0) is 12.7. The Hall–Kier alpha value is -1.50. The van der Waals surface area contributed by atoms with Crippen molar-refractivity contribution in [1.29, 1.82) is 0 Å². The first-order chi connectivity index (χ1) is 8.21. The highest BCUT2D eigenvalue weighted by Crippen LogP contribution is 2.17. The molecule has 0 aliphatic rings. The smallest absolute Gasteiger partial charge is 0.118 e. The lowest BCUT2D eigenvalue weighted by Crippen LogP contribution is -2.31. The fraction of sp³-hybridized carbons (Fsp3) is 0.429. The van der Waals surface area contributed by atoms with Gasteiger partial charge in [-0.3, -0.25) is 0 Å². The standard InChI is InChI=1S/C14H19NO2/c1-4-12(5-2)15-10-14(16)11-6-8-13(17-3)9-7-11/h1,6-9,12,14-16H,5,10H2,2-3H3. The maximum absolute atomic E-state index is 9.95. The van der Waals surface area contributed by atoms with Crippen molar-refractivity contribution in [3.05, 3.63) is 29.8 Å². The molecule has 0 aliphatic heterocycles. The van der Waals surface area contributed by atoms with Crippen LogP contribution in [0.3, 0.4) is 0 Å². The second kappa shape index (κ2) is 6.95. The van der Waals surface area contributed by atoms with Gasteiger partial charge in [-0.15, -0.1) is 6.42 Å². The lowest BCUT2D eigenvalue weighted by molar-refractivity contribution is 0.172. The van der Waals surface area contributed by atoms with Crippen molar-refractivity contribution < 1.29 is 9.84 Å². The van der Waals surface area contributed by atoms with Crippen LogP contribution in [0.25, 0.3) is 0 Å². The Balaban J connectivity index is 2.52. The topological polar surface area (TPSA) is 41.5 Å². The van der Waals surface area contributed by atoms with E-state index in [1.165, 1.54) is 0 Å². The van der Waals surface area contributed by atoms with Crippen molar-refractivity contribution in [3.63, 3.8) is 0 Å². The Morgan fingerprint density at radius 3 is 2.53 bits per heavy atom. The van der Waals surface area contributed by atoms with Crippen LogP contribution in [0, 0.1) is 12.3 Å². The molecule has 92 valence electrons. The molecule has 0 amide bonds. The minimum atomic E-state index is -0.552. The fourth-order valence-corrected chi connectivity index (χ4v) is 1.52. The quantitative estimate of drug-likeness (QED) is 0.735. The summed E-state index contributed by atoms with van der Waals surface area (Å²) < 4.78 is 5.06. The number of terminal acetylenes is 1. The van der Waals surface area contributed by atoms with E-state index in [-0.39, 0.29) is 6.04 Å². The van der Waals surface area contributed by atoms with Crippen LogP contribution >= 0.6 is 0 Å². The number of hydrogen-bond acceptors (Lipinski definition) is 3. The van der Waals surface area contributed by atoms with Crippen LogP contribution in [0.1, 0.15) is 25.0 Å². The van der Waals surface area contributed by atoms with Crippen molar-refractivity contribution >= 4 is 0 Å². The average molecular weight is 233 g/mol. The third kappa shape index (κ3) is 4.10. The zero-order valence-electron chi connectivity index (χ0n) is 10.3. The van der Waals surface area contributed by atoms with E-state index in [9.17, 15) is 5.11 Å². The third-order valence-corrected chi connectivity index (χ3v) is 2.67. The molecule has 2 atom stereocenters. The predicted molar refractivity (Wildman–Crippen MR) is 68.9 cm³/mol. The van der Waals surface area contributed by atoms with E-state index in [1.807, 2.05) is 31.2 Å². The van der Waals surface area contributed by atoms with Gasteiger partial charge in [0.2, 0.25) is 0 Å². The molecule has 0 saturated heterocycles. The second-order valence-electron chi connectivity index (χ2n) is 3.82. The number of nitrogens with one attached hydrogen (secondary N) is 1. The minimum absolute atomic E-state index is 0.0166. The molecule has 0 aromatic heterocycles. The van der Waals surface area contributed by atoms with Gasteiger partial charge in [0.25, 0.3) is 0 Å². The number of aliphatic hydroxyl groups is 1.